The number of rotatable bonds is 4. The number of para-hydroxylation sites is 1. The molecule has 1 N–H and O–H groups in total. The summed E-state index contributed by atoms with van der Waals surface area (Å²) in [7, 11) is 0. The third-order valence-electron chi connectivity index (χ3n) is 4.56. The summed E-state index contributed by atoms with van der Waals surface area (Å²) in [5, 5.41) is 17.6. The van der Waals surface area contributed by atoms with E-state index in [1.807, 2.05) is 10.7 Å². The third kappa shape index (κ3) is 1.64. The fourth-order valence-corrected chi connectivity index (χ4v) is 3.16. The molecule has 0 bridgehead atoms. The van der Waals surface area contributed by atoms with Gasteiger partial charge >= 0.3 is 5.97 Å². The Morgan fingerprint density at radius 3 is 2.84 bits per heavy atom. The van der Waals surface area contributed by atoms with E-state index in [4.69, 9.17) is 0 Å². The number of benzene rings is 1. The van der Waals surface area contributed by atoms with Crippen LogP contribution in [0.3, 0.4) is 0 Å². The molecule has 0 amide bonds. The lowest BCUT2D eigenvalue weighted by molar-refractivity contribution is 0.0698. The zero-order chi connectivity index (χ0) is 13.0. The van der Waals surface area contributed by atoms with E-state index in [2.05, 4.69) is 10.3 Å². The molecule has 0 atom stereocenters. The Hall–Kier alpha value is -1.91. The normalized spacial score (nSPS) is 20.6. The van der Waals surface area contributed by atoms with Crippen molar-refractivity contribution < 1.29 is 9.90 Å². The van der Waals surface area contributed by atoms with Crippen molar-refractivity contribution in [3.63, 3.8) is 0 Å². The van der Waals surface area contributed by atoms with Crippen LogP contribution in [-0.2, 0) is 6.54 Å². The smallest absolute Gasteiger partial charge is 0.337 e. The van der Waals surface area contributed by atoms with Crippen LogP contribution in [0.15, 0.2) is 18.2 Å². The second-order valence-electron chi connectivity index (χ2n) is 5.86. The average Bonchev–Trinajstić information content (AvgIpc) is 3.28. The molecule has 2 aliphatic carbocycles. The van der Waals surface area contributed by atoms with Crippen molar-refractivity contribution in [2.24, 2.45) is 11.3 Å². The number of hydrogen-bond donors (Lipinski definition) is 1. The quantitative estimate of drug-likeness (QED) is 0.912. The van der Waals surface area contributed by atoms with Gasteiger partial charge in [-0.3, -0.25) is 0 Å². The summed E-state index contributed by atoms with van der Waals surface area (Å²) in [5.74, 6) is -0.0887. The topological polar surface area (TPSA) is 68.0 Å². The monoisotopic (exact) mass is 257 g/mol. The number of carbonyl (C=O) groups is 1. The maximum atomic E-state index is 11.3. The van der Waals surface area contributed by atoms with E-state index in [1.54, 1.807) is 12.1 Å². The van der Waals surface area contributed by atoms with Crippen molar-refractivity contribution in [1.29, 1.82) is 0 Å². The average molecular weight is 257 g/mol. The zero-order valence-corrected chi connectivity index (χ0v) is 10.5. The molecule has 0 aliphatic heterocycles. The number of aromatic nitrogens is 3. The van der Waals surface area contributed by atoms with Gasteiger partial charge < -0.3 is 5.11 Å². The lowest BCUT2D eigenvalue weighted by atomic mass is 10.0. The second kappa shape index (κ2) is 3.56. The van der Waals surface area contributed by atoms with Gasteiger partial charge in [0.15, 0.2) is 0 Å². The maximum Gasteiger partial charge on any atom is 0.337 e. The number of carboxylic acid groups (broad SMARTS) is 1. The van der Waals surface area contributed by atoms with Crippen molar-refractivity contribution in [2.75, 3.05) is 0 Å². The highest BCUT2D eigenvalue weighted by molar-refractivity contribution is 6.00. The van der Waals surface area contributed by atoms with Crippen LogP contribution in [0, 0.1) is 11.3 Å². The molecular weight excluding hydrogens is 242 g/mol. The van der Waals surface area contributed by atoms with Crippen molar-refractivity contribution in [1.82, 2.24) is 15.0 Å². The molecule has 0 unspecified atom stereocenters. The lowest BCUT2D eigenvalue weighted by Gasteiger charge is -2.14. The van der Waals surface area contributed by atoms with Crippen LogP contribution in [0.4, 0.5) is 0 Å². The number of carboxylic acids is 1. The first kappa shape index (κ1) is 11.0. The summed E-state index contributed by atoms with van der Waals surface area (Å²) in [4.78, 5) is 11.3. The van der Waals surface area contributed by atoms with E-state index >= 15 is 0 Å². The zero-order valence-electron chi connectivity index (χ0n) is 10.5. The number of hydrogen-bond acceptors (Lipinski definition) is 3. The molecule has 0 radical (unpaired) electrons. The molecule has 2 fully saturated rings. The number of aromatic carboxylic acids is 1. The molecule has 1 heterocycles. The second-order valence-corrected chi connectivity index (χ2v) is 5.86. The first-order valence-corrected chi connectivity index (χ1v) is 6.75. The van der Waals surface area contributed by atoms with Gasteiger partial charge in [0, 0.05) is 6.54 Å². The van der Waals surface area contributed by atoms with E-state index < -0.39 is 5.97 Å². The standard InChI is InChI=1S/C14H15N3O2/c18-13(19)10-2-1-3-11-12(10)17(16-15-11)8-14(6-7-14)9-4-5-9/h1-3,9H,4-8H2,(H,18,19). The molecular formula is C14H15N3O2. The number of fused-ring (bicyclic) bond motifs is 1. The van der Waals surface area contributed by atoms with E-state index in [0.29, 0.717) is 22.0 Å². The molecule has 2 aliphatic rings. The molecule has 0 spiro atoms. The van der Waals surface area contributed by atoms with Gasteiger partial charge in [0.05, 0.1) is 5.56 Å². The van der Waals surface area contributed by atoms with Gasteiger partial charge in [0.25, 0.3) is 0 Å². The van der Waals surface area contributed by atoms with E-state index in [-0.39, 0.29) is 0 Å². The maximum absolute atomic E-state index is 11.3. The predicted molar refractivity (Wildman–Crippen MR) is 68.9 cm³/mol. The SMILES string of the molecule is O=C(O)c1cccc2nnn(CC3(C4CC4)CC3)c12. The summed E-state index contributed by atoms with van der Waals surface area (Å²) < 4.78 is 1.81. The molecule has 19 heavy (non-hydrogen) atoms. The third-order valence-corrected chi connectivity index (χ3v) is 4.56. The Balaban J connectivity index is 1.79. The first-order valence-electron chi connectivity index (χ1n) is 6.75. The summed E-state index contributed by atoms with van der Waals surface area (Å²) in [6, 6.07) is 5.17. The molecule has 0 saturated heterocycles. The molecule has 4 rings (SSSR count). The van der Waals surface area contributed by atoms with Gasteiger partial charge in [-0.05, 0) is 49.1 Å². The van der Waals surface area contributed by atoms with E-state index in [9.17, 15) is 9.90 Å². The Labute approximate surface area is 110 Å². The van der Waals surface area contributed by atoms with Crippen LogP contribution in [0.5, 0.6) is 0 Å². The summed E-state index contributed by atoms with van der Waals surface area (Å²) >= 11 is 0. The Morgan fingerprint density at radius 1 is 1.42 bits per heavy atom. The molecule has 98 valence electrons. The highest BCUT2D eigenvalue weighted by atomic mass is 16.4. The van der Waals surface area contributed by atoms with E-state index in [1.165, 1.54) is 25.7 Å². The van der Waals surface area contributed by atoms with Gasteiger partial charge in [-0.15, -0.1) is 5.10 Å². The highest BCUT2D eigenvalue weighted by Gasteiger charge is 2.54. The van der Waals surface area contributed by atoms with Crippen molar-refractivity contribution >= 4 is 17.0 Å². The molecule has 5 heteroatoms. The molecule has 1 aromatic heterocycles. The van der Waals surface area contributed by atoms with E-state index in [0.717, 1.165) is 12.5 Å². The van der Waals surface area contributed by atoms with Crippen LogP contribution < -0.4 is 0 Å². The fourth-order valence-electron chi connectivity index (χ4n) is 3.16. The van der Waals surface area contributed by atoms with Crippen molar-refractivity contribution in [2.45, 2.75) is 32.2 Å². The molecule has 5 nitrogen and oxygen atoms in total. The van der Waals surface area contributed by atoms with Gasteiger partial charge in [-0.25, -0.2) is 9.48 Å². The molecule has 1 aromatic carbocycles. The predicted octanol–water partition coefficient (Wildman–Crippen LogP) is 2.32. The highest BCUT2D eigenvalue weighted by Crippen LogP contribution is 2.62. The van der Waals surface area contributed by atoms with Crippen molar-refractivity contribution in [3.05, 3.63) is 23.8 Å². The van der Waals surface area contributed by atoms with Crippen molar-refractivity contribution in [3.8, 4) is 0 Å². The minimum Gasteiger partial charge on any atom is -0.478 e. The summed E-state index contributed by atoms with van der Waals surface area (Å²) in [6.07, 6.45) is 5.12. The minimum atomic E-state index is -0.912. The van der Waals surface area contributed by atoms with Gasteiger partial charge in [0.1, 0.15) is 11.0 Å². The van der Waals surface area contributed by atoms with Gasteiger partial charge in [0.2, 0.25) is 0 Å². The molecule has 2 saturated carbocycles. The Bertz CT molecular complexity index is 668. The van der Waals surface area contributed by atoms with Gasteiger partial charge in [-0.2, -0.15) is 0 Å². The van der Waals surface area contributed by atoms with Crippen LogP contribution >= 0.6 is 0 Å². The minimum absolute atomic E-state index is 0.300. The van der Waals surface area contributed by atoms with Crippen LogP contribution in [0.1, 0.15) is 36.0 Å². The lowest BCUT2D eigenvalue weighted by Crippen LogP contribution is -2.16. The Morgan fingerprint density at radius 2 is 2.21 bits per heavy atom. The van der Waals surface area contributed by atoms with Crippen LogP contribution in [0.2, 0.25) is 0 Å². The summed E-state index contributed by atoms with van der Waals surface area (Å²) in [5.41, 5.74) is 2.02. The number of nitrogens with zero attached hydrogens (tertiary/aromatic N) is 3. The first-order chi connectivity index (χ1) is 9.20. The van der Waals surface area contributed by atoms with Crippen LogP contribution in [0.25, 0.3) is 11.0 Å². The van der Waals surface area contributed by atoms with Gasteiger partial charge in [-0.1, -0.05) is 11.3 Å². The fraction of sp³-hybridized carbons (Fsp3) is 0.500. The van der Waals surface area contributed by atoms with Crippen LogP contribution in [-0.4, -0.2) is 26.1 Å². The largest absolute Gasteiger partial charge is 0.478 e. The molecule has 2 aromatic rings. The Kier molecular flexibility index (Phi) is 2.05. The summed E-state index contributed by atoms with van der Waals surface area (Å²) in [6.45, 7) is 0.818.